The summed E-state index contributed by atoms with van der Waals surface area (Å²) in [5.74, 6) is -0.569. The van der Waals surface area contributed by atoms with Crippen LogP contribution in [0.1, 0.15) is 125 Å². The summed E-state index contributed by atoms with van der Waals surface area (Å²) < 4.78 is 35.1. The minimum atomic E-state index is -1.38. The third-order valence-electron chi connectivity index (χ3n) is 10.7. The van der Waals surface area contributed by atoms with Crippen LogP contribution in [0.25, 0.3) is 0 Å². The van der Waals surface area contributed by atoms with E-state index in [1.54, 1.807) is 153 Å². The molecule has 0 aromatic carbocycles. The van der Waals surface area contributed by atoms with E-state index < -0.39 is 117 Å². The van der Waals surface area contributed by atoms with Crippen molar-refractivity contribution in [1.82, 2.24) is 9.80 Å². The Kier molecular flexibility index (Phi) is 17.3. The maximum absolute atomic E-state index is 13.4. The van der Waals surface area contributed by atoms with Crippen molar-refractivity contribution in [3.63, 3.8) is 0 Å². The number of hydrogen-bond donors (Lipinski definition) is 0. The molecule has 0 aromatic heterocycles. The molecule has 0 N–H and O–H groups in total. The van der Waals surface area contributed by atoms with Crippen molar-refractivity contribution in [2.45, 2.75) is 173 Å². The zero-order valence-electron chi connectivity index (χ0n) is 41.6. The number of carbonyl (C=O) groups is 7. The zero-order chi connectivity index (χ0) is 49.3. The van der Waals surface area contributed by atoms with Crippen LogP contribution in [0.15, 0.2) is 12.3 Å². The van der Waals surface area contributed by atoms with Crippen molar-refractivity contribution in [2.75, 3.05) is 36.1 Å². The average Bonchev–Trinajstić information content (AvgIpc) is 3.15. The standard InChI is InChI=1S/C24H39NO6S.C23H37NO7S/c1-14-16(29-19(26)22(2,3)4)18(31-21(28)24(8,9)10)17(30-20(27)23(5,6)7)15-13-32-12-11-25(14)15;1-21(2,3)18(26)29-14-13-12-32-11-10-24(13)17(25)16(31-20(28)23(7,8)9)15(14)30-19(27)22(4,5)6/h15-18H,1,11-13H2,2-10H3;13-16H,10-12H2,1-9H3/t15-,16-,17-,18+;13-,14+,15-,16-/m00/s1. The Balaban J connectivity index is 0.000000340. The Morgan fingerprint density at radius 2 is 0.703 bits per heavy atom. The van der Waals surface area contributed by atoms with E-state index in [2.05, 4.69) is 6.58 Å². The van der Waals surface area contributed by atoms with E-state index in [0.29, 0.717) is 36.0 Å². The normalized spacial score (nSPS) is 26.8. The van der Waals surface area contributed by atoms with Crippen LogP contribution < -0.4 is 0 Å². The first-order valence-corrected chi connectivity index (χ1v) is 24.4. The first-order chi connectivity index (χ1) is 28.9. The molecule has 4 aliphatic heterocycles. The van der Waals surface area contributed by atoms with Gasteiger partial charge in [0, 0.05) is 36.1 Å². The van der Waals surface area contributed by atoms with Gasteiger partial charge in [0.15, 0.2) is 30.5 Å². The van der Waals surface area contributed by atoms with E-state index in [-0.39, 0.29) is 6.04 Å². The van der Waals surface area contributed by atoms with Crippen LogP contribution in [0.5, 0.6) is 0 Å². The molecule has 4 heterocycles. The van der Waals surface area contributed by atoms with Gasteiger partial charge in [-0.2, -0.15) is 23.5 Å². The molecule has 1 amide bonds. The molecule has 0 radical (unpaired) electrons. The van der Waals surface area contributed by atoms with E-state index in [0.717, 1.165) is 5.75 Å². The Labute approximate surface area is 389 Å². The number of hydrogen-bond acceptors (Lipinski definition) is 16. The highest BCUT2D eigenvalue weighted by Crippen LogP contribution is 2.40. The highest BCUT2D eigenvalue weighted by Gasteiger charge is 2.57. The second kappa shape index (κ2) is 20.2. The fraction of sp³-hybridized carbons (Fsp3) is 0.809. The Morgan fingerprint density at radius 3 is 1.05 bits per heavy atom. The first kappa shape index (κ1) is 54.9. The third-order valence-corrected chi connectivity index (χ3v) is 12.8. The fourth-order valence-corrected chi connectivity index (χ4v) is 8.65. The molecule has 17 heteroatoms. The summed E-state index contributed by atoms with van der Waals surface area (Å²) in [6.45, 7) is 36.5. The molecular weight excluding hydrogens is 865 g/mol. The van der Waals surface area contributed by atoms with Gasteiger partial charge in [0.1, 0.15) is 0 Å². The second-order valence-electron chi connectivity index (χ2n) is 23.1. The summed E-state index contributed by atoms with van der Waals surface area (Å²) in [6, 6.07) is -0.704. The number of piperidine rings is 2. The van der Waals surface area contributed by atoms with Crippen LogP contribution in [-0.2, 0) is 62.0 Å². The van der Waals surface area contributed by atoms with Gasteiger partial charge in [-0.25, -0.2) is 0 Å². The average molecular weight is 941 g/mol. The molecule has 4 saturated heterocycles. The topological polar surface area (TPSA) is 181 Å². The molecular formula is C47H76N2O13S2. The van der Waals surface area contributed by atoms with Crippen LogP contribution in [0, 0.1) is 32.5 Å². The molecule has 4 aliphatic rings. The summed E-state index contributed by atoms with van der Waals surface area (Å²) in [4.78, 5) is 94.0. The lowest BCUT2D eigenvalue weighted by atomic mass is 9.89. The highest BCUT2D eigenvalue weighted by molar-refractivity contribution is 7.99. The summed E-state index contributed by atoms with van der Waals surface area (Å²) >= 11 is 3.38. The van der Waals surface area contributed by atoms with Crippen molar-refractivity contribution < 1.29 is 62.0 Å². The molecule has 0 aliphatic carbocycles. The molecule has 64 heavy (non-hydrogen) atoms. The van der Waals surface area contributed by atoms with Gasteiger partial charge in [-0.15, -0.1) is 0 Å². The van der Waals surface area contributed by atoms with Crippen molar-refractivity contribution in [2.24, 2.45) is 32.5 Å². The van der Waals surface area contributed by atoms with E-state index in [4.69, 9.17) is 28.4 Å². The SMILES string of the molecule is C=C1[C@H](OC(=O)C(C)(C)C)[C@@H](OC(=O)C(C)(C)C)[C@@H](OC(=O)C(C)(C)C)[C@@H]2CSCCN12.CC(C)(C)C(=O)O[C@H]1[C@H](OC(=O)C(C)(C)C)[C@@H]2CSCCN2C(=O)[C@H]1OC(=O)C(C)(C)C. The van der Waals surface area contributed by atoms with Crippen molar-refractivity contribution in [3.8, 4) is 0 Å². The lowest BCUT2D eigenvalue weighted by Crippen LogP contribution is -2.69. The lowest BCUT2D eigenvalue weighted by Gasteiger charge is -2.51. The van der Waals surface area contributed by atoms with E-state index in [9.17, 15) is 33.6 Å². The summed E-state index contributed by atoms with van der Waals surface area (Å²) in [5.41, 5.74) is -4.24. The molecule has 8 atom stereocenters. The number of carbonyl (C=O) groups excluding carboxylic acids is 7. The van der Waals surface area contributed by atoms with Crippen LogP contribution in [0.2, 0.25) is 0 Å². The quantitative estimate of drug-likeness (QED) is 0.204. The second-order valence-corrected chi connectivity index (χ2v) is 25.4. The Bertz CT molecular complexity index is 1650. The van der Waals surface area contributed by atoms with Gasteiger partial charge < -0.3 is 38.2 Å². The minimum Gasteiger partial charge on any atom is -0.456 e. The van der Waals surface area contributed by atoms with Gasteiger partial charge in [-0.1, -0.05) is 6.58 Å². The smallest absolute Gasteiger partial charge is 0.312 e. The summed E-state index contributed by atoms with van der Waals surface area (Å²) in [5, 5.41) is 0. The van der Waals surface area contributed by atoms with Gasteiger partial charge in [-0.05, 0) is 125 Å². The molecule has 0 aromatic rings. The van der Waals surface area contributed by atoms with Gasteiger partial charge in [0.2, 0.25) is 6.10 Å². The van der Waals surface area contributed by atoms with Crippen molar-refractivity contribution in [3.05, 3.63) is 12.3 Å². The maximum atomic E-state index is 13.4. The largest absolute Gasteiger partial charge is 0.456 e. The van der Waals surface area contributed by atoms with Crippen LogP contribution in [-0.4, -0.2) is 136 Å². The number of ether oxygens (including phenoxy) is 6. The molecule has 4 rings (SSSR count). The number of rotatable bonds is 6. The number of fused-ring (bicyclic) bond motifs is 2. The summed E-state index contributed by atoms with van der Waals surface area (Å²) in [6.07, 6.45) is -6.27. The van der Waals surface area contributed by atoms with E-state index in [1.165, 1.54) is 0 Å². The number of amides is 1. The molecule has 0 bridgehead atoms. The highest BCUT2D eigenvalue weighted by atomic mass is 32.2. The monoisotopic (exact) mass is 940 g/mol. The van der Waals surface area contributed by atoms with E-state index >= 15 is 0 Å². The van der Waals surface area contributed by atoms with Gasteiger partial charge in [-0.3, -0.25) is 33.6 Å². The first-order valence-electron chi connectivity index (χ1n) is 22.1. The number of nitrogens with zero attached hydrogens (tertiary/aromatic N) is 2. The molecule has 4 fully saturated rings. The molecule has 0 unspecified atom stereocenters. The minimum absolute atomic E-state index is 0.227. The maximum Gasteiger partial charge on any atom is 0.312 e. The molecule has 15 nitrogen and oxygen atoms in total. The van der Waals surface area contributed by atoms with Gasteiger partial charge >= 0.3 is 35.8 Å². The molecule has 0 spiro atoms. The molecule has 364 valence electrons. The van der Waals surface area contributed by atoms with Crippen molar-refractivity contribution in [1.29, 1.82) is 0 Å². The number of esters is 6. The van der Waals surface area contributed by atoms with Crippen LogP contribution >= 0.6 is 23.5 Å². The van der Waals surface area contributed by atoms with E-state index in [1.807, 2.05) is 4.90 Å². The van der Waals surface area contributed by atoms with Gasteiger partial charge in [0.05, 0.1) is 50.3 Å². The van der Waals surface area contributed by atoms with Crippen LogP contribution in [0.3, 0.4) is 0 Å². The Morgan fingerprint density at radius 1 is 0.438 bits per heavy atom. The molecule has 0 saturated carbocycles. The summed E-state index contributed by atoms with van der Waals surface area (Å²) in [7, 11) is 0. The van der Waals surface area contributed by atoms with Crippen LogP contribution in [0.4, 0.5) is 0 Å². The zero-order valence-corrected chi connectivity index (χ0v) is 43.2. The van der Waals surface area contributed by atoms with Crippen molar-refractivity contribution >= 4 is 65.2 Å². The predicted molar refractivity (Wildman–Crippen MR) is 246 cm³/mol. The Hall–Kier alpha value is -3.47. The number of thioether (sulfide) groups is 2. The fourth-order valence-electron chi connectivity index (χ4n) is 6.45. The predicted octanol–water partition coefficient (Wildman–Crippen LogP) is 6.62. The lowest BCUT2D eigenvalue weighted by molar-refractivity contribution is -0.215. The van der Waals surface area contributed by atoms with Gasteiger partial charge in [0.25, 0.3) is 5.91 Å². The third kappa shape index (κ3) is 13.8.